The molecule has 1 saturated carbocycles. The van der Waals surface area contributed by atoms with Gasteiger partial charge in [-0.2, -0.15) is 0 Å². The molecule has 62 valence electrons. The van der Waals surface area contributed by atoms with E-state index in [9.17, 15) is 0 Å². The second-order valence-corrected chi connectivity index (χ2v) is 5.19. The van der Waals surface area contributed by atoms with Crippen molar-refractivity contribution in [2.24, 2.45) is 5.92 Å². The Hall–Kier alpha value is 0.649. The summed E-state index contributed by atoms with van der Waals surface area (Å²) in [6.07, 6.45) is 0. The fourth-order valence-corrected chi connectivity index (χ4v) is 2.17. The molecule has 10 heteroatoms. The van der Waals surface area contributed by atoms with Crippen molar-refractivity contribution in [2.45, 2.75) is 33.0 Å². The van der Waals surface area contributed by atoms with E-state index in [2.05, 4.69) is 0 Å². The first-order valence-corrected chi connectivity index (χ1v) is 5.04. The fourth-order valence-electron chi connectivity index (χ4n) is 2.17. The molecule has 0 spiro atoms. The highest BCUT2D eigenvalue weighted by molar-refractivity contribution is 6.70. The van der Waals surface area contributed by atoms with Gasteiger partial charge in [0.05, 0.1) is 78.5 Å². The molecule has 1 fully saturated rings. The van der Waals surface area contributed by atoms with Crippen LogP contribution in [-0.4, -0.2) is 78.5 Å². The Kier molecular flexibility index (Phi) is 3.33. The lowest BCUT2D eigenvalue weighted by Crippen LogP contribution is -2.63. The predicted octanol–water partition coefficient (Wildman–Crippen LogP) is -2.10. The molecule has 0 amide bonds. The van der Waals surface area contributed by atoms with Gasteiger partial charge >= 0.3 is 0 Å². The van der Waals surface area contributed by atoms with Crippen molar-refractivity contribution in [3.8, 4) is 0 Å². The highest BCUT2D eigenvalue weighted by atomic mass is 14.5. The van der Waals surface area contributed by atoms with Gasteiger partial charge in [0.15, 0.2) is 0 Å². The standard InChI is InChI=1S/C7H4B10/c1-2-3(8,9)5(12,13)7(16,17)6(14,15)4(2,10)11/h2H,1H3. The average Bonchev–Trinajstić information content (AvgIpc) is 2.13. The molecular formula is C7H4B10. The van der Waals surface area contributed by atoms with Crippen LogP contribution in [0.25, 0.3) is 0 Å². The van der Waals surface area contributed by atoms with E-state index in [0.717, 1.165) is 0 Å². The lowest BCUT2D eigenvalue weighted by molar-refractivity contribution is 0.263. The van der Waals surface area contributed by atoms with Crippen LogP contribution in [0.1, 0.15) is 6.92 Å². The molecule has 0 nitrogen and oxygen atoms in total. The SMILES string of the molecule is [B]C1([B])C(C)C([B])([B])C([B])([B])C([B])([B])C1([B])[B]. The molecule has 1 aliphatic rings. The second-order valence-electron chi connectivity index (χ2n) is 5.19. The van der Waals surface area contributed by atoms with E-state index in [1.54, 1.807) is 0 Å². The Morgan fingerprint density at radius 3 is 1.00 bits per heavy atom. The van der Waals surface area contributed by atoms with Crippen molar-refractivity contribution < 1.29 is 0 Å². The first-order chi connectivity index (χ1) is 7.15. The molecule has 17 heavy (non-hydrogen) atoms. The third-order valence-corrected chi connectivity index (χ3v) is 4.24. The Labute approximate surface area is 117 Å². The van der Waals surface area contributed by atoms with Crippen LogP contribution in [0.2, 0.25) is 26.1 Å². The largest absolute Gasteiger partial charge is 0.119 e. The van der Waals surface area contributed by atoms with Gasteiger partial charge in [-0.3, -0.25) is 0 Å². The van der Waals surface area contributed by atoms with Gasteiger partial charge in [0.25, 0.3) is 0 Å². The van der Waals surface area contributed by atoms with Crippen LogP contribution in [0.15, 0.2) is 0 Å². The third kappa shape index (κ3) is 1.51. The summed E-state index contributed by atoms with van der Waals surface area (Å²) in [6, 6.07) is 0. The zero-order chi connectivity index (χ0) is 14.1. The molecule has 20 radical (unpaired) electrons. The van der Waals surface area contributed by atoms with Gasteiger partial charge in [0.2, 0.25) is 0 Å². The molecule has 0 aromatic rings. The second kappa shape index (κ2) is 3.60. The molecule has 0 unspecified atom stereocenters. The minimum atomic E-state index is -2.07. The van der Waals surface area contributed by atoms with E-state index in [-0.39, 0.29) is 0 Å². The van der Waals surface area contributed by atoms with E-state index < -0.39 is 32.0 Å². The molecule has 0 aromatic carbocycles. The normalized spacial score (nSPS) is 32.8. The van der Waals surface area contributed by atoms with Crippen LogP contribution >= 0.6 is 0 Å². The molecule has 1 aliphatic carbocycles. The maximum absolute atomic E-state index is 5.87. The summed E-state index contributed by atoms with van der Waals surface area (Å²) >= 11 is 0. The Morgan fingerprint density at radius 1 is 0.529 bits per heavy atom. The molecule has 1 rings (SSSR count). The van der Waals surface area contributed by atoms with Crippen molar-refractivity contribution in [2.75, 3.05) is 0 Å². The number of hydrogen-bond donors (Lipinski definition) is 0. The van der Waals surface area contributed by atoms with Crippen LogP contribution in [0.4, 0.5) is 0 Å². The highest BCUT2D eigenvalue weighted by Gasteiger charge is 2.63. The maximum Gasteiger partial charge on any atom is 0.0611 e. The first-order valence-electron chi connectivity index (χ1n) is 5.04. The summed E-state index contributed by atoms with van der Waals surface area (Å²) in [7, 11) is 58.4. The summed E-state index contributed by atoms with van der Waals surface area (Å²) in [4.78, 5) is 0. The van der Waals surface area contributed by atoms with Crippen molar-refractivity contribution >= 4 is 78.5 Å². The molecule has 0 bridgehead atoms. The molecule has 0 aromatic heterocycles. The summed E-state index contributed by atoms with van der Waals surface area (Å²) in [5.74, 6) is -0.833. The van der Waals surface area contributed by atoms with Gasteiger partial charge in [0.1, 0.15) is 0 Å². The van der Waals surface area contributed by atoms with Crippen LogP contribution < -0.4 is 0 Å². The third-order valence-electron chi connectivity index (χ3n) is 4.24. The van der Waals surface area contributed by atoms with Gasteiger partial charge < -0.3 is 0 Å². The summed E-state index contributed by atoms with van der Waals surface area (Å²) in [5.41, 5.74) is 0. The highest BCUT2D eigenvalue weighted by Crippen LogP contribution is 2.79. The molecular weight excluding hydrogens is 192 g/mol. The quantitative estimate of drug-likeness (QED) is 0.389. The first kappa shape index (κ1) is 15.7. The molecule has 0 saturated heterocycles. The zero-order valence-corrected chi connectivity index (χ0v) is 9.85. The minimum absolute atomic E-state index is 0.833. The maximum atomic E-state index is 5.87. The van der Waals surface area contributed by atoms with Crippen LogP contribution in [0.3, 0.4) is 0 Å². The van der Waals surface area contributed by atoms with Gasteiger partial charge in [-0.15, -0.1) is 26.1 Å². The summed E-state index contributed by atoms with van der Waals surface area (Å²) < 4.78 is 0. The van der Waals surface area contributed by atoms with E-state index in [4.69, 9.17) is 78.5 Å². The van der Waals surface area contributed by atoms with Crippen LogP contribution in [0.5, 0.6) is 0 Å². The summed E-state index contributed by atoms with van der Waals surface area (Å²) in [5, 5.41) is -9.50. The smallest absolute Gasteiger partial charge is 0.0611 e. The minimum Gasteiger partial charge on any atom is -0.119 e. The van der Waals surface area contributed by atoms with Crippen molar-refractivity contribution in [3.63, 3.8) is 0 Å². The Morgan fingerprint density at radius 2 is 0.765 bits per heavy atom. The molecule has 0 aliphatic heterocycles. The molecule has 0 heterocycles. The zero-order valence-electron chi connectivity index (χ0n) is 9.85. The Bertz CT molecular complexity index is 300. The predicted molar refractivity (Wildman–Crippen MR) is 80.2 cm³/mol. The monoisotopic (exact) mass is 198 g/mol. The van der Waals surface area contributed by atoms with E-state index >= 15 is 0 Å². The molecule has 0 N–H and O–H groups in total. The van der Waals surface area contributed by atoms with Gasteiger partial charge in [-0.25, -0.2) is 0 Å². The van der Waals surface area contributed by atoms with Crippen molar-refractivity contribution in [3.05, 3.63) is 0 Å². The summed E-state index contributed by atoms with van der Waals surface area (Å²) in [6.45, 7) is 1.53. The molecule has 0 atom stereocenters. The van der Waals surface area contributed by atoms with E-state index in [0.29, 0.717) is 0 Å². The van der Waals surface area contributed by atoms with Gasteiger partial charge in [-0.1, -0.05) is 12.8 Å². The van der Waals surface area contributed by atoms with E-state index in [1.165, 1.54) is 6.92 Å². The Balaban J connectivity index is 3.56. The van der Waals surface area contributed by atoms with Crippen molar-refractivity contribution in [1.29, 1.82) is 0 Å². The fraction of sp³-hybridized carbons (Fsp3) is 1.00. The van der Waals surface area contributed by atoms with Gasteiger partial charge in [0, 0.05) is 0 Å². The van der Waals surface area contributed by atoms with Crippen molar-refractivity contribution in [1.82, 2.24) is 0 Å². The number of rotatable bonds is 0. The topological polar surface area (TPSA) is 0 Å². The lowest BCUT2D eigenvalue weighted by Gasteiger charge is -2.77. The van der Waals surface area contributed by atoms with Crippen LogP contribution in [0, 0.1) is 5.92 Å². The lowest BCUT2D eigenvalue weighted by atomic mass is 9.00. The van der Waals surface area contributed by atoms with Crippen LogP contribution in [-0.2, 0) is 0 Å². The number of hydrogen-bond acceptors (Lipinski definition) is 0. The average molecular weight is 196 g/mol. The van der Waals surface area contributed by atoms with E-state index in [1.807, 2.05) is 0 Å². The van der Waals surface area contributed by atoms with Gasteiger partial charge in [-0.05, 0) is 0 Å².